The zero-order valence-electron chi connectivity index (χ0n) is 20.5. The molecule has 2 heterocycles. The highest BCUT2D eigenvalue weighted by molar-refractivity contribution is 6.31. The molecule has 0 N–H and O–H groups in total. The van der Waals surface area contributed by atoms with Gasteiger partial charge in [0.25, 0.3) is 11.2 Å². The van der Waals surface area contributed by atoms with Gasteiger partial charge < -0.3 is 13.9 Å². The van der Waals surface area contributed by atoms with Crippen LogP contribution in [0.2, 0.25) is 5.02 Å². The van der Waals surface area contributed by atoms with Gasteiger partial charge in [0.2, 0.25) is 5.82 Å². The summed E-state index contributed by atoms with van der Waals surface area (Å²) < 4.78 is 17.3. The molecule has 2 aromatic heterocycles. The van der Waals surface area contributed by atoms with Crippen molar-refractivity contribution < 1.29 is 23.6 Å². The molecule has 0 bridgehead atoms. The SMILES string of the molecule is COC(=O)[C@@H](C)Oc1ccc([N+](=O)[O-])cc1C=Nn1c(-c2cc3cc(Cl)ccc3o2)nc2ccccc2c1=O. The first-order valence-electron chi connectivity index (χ1n) is 11.5. The Balaban J connectivity index is 1.68. The number of nitro groups is 1. The molecule has 5 rings (SSSR count). The minimum atomic E-state index is -1.01. The predicted molar refractivity (Wildman–Crippen MR) is 144 cm³/mol. The van der Waals surface area contributed by atoms with Crippen molar-refractivity contribution in [2.75, 3.05) is 7.11 Å². The number of methoxy groups -OCH3 is 1. The topological polar surface area (TPSA) is 139 Å². The predicted octanol–water partition coefficient (Wildman–Crippen LogP) is 5.19. The molecular formula is C27H19ClN4O7. The fourth-order valence-electron chi connectivity index (χ4n) is 3.90. The molecule has 0 aliphatic carbocycles. The number of nitrogens with zero attached hydrogens (tertiary/aromatic N) is 4. The van der Waals surface area contributed by atoms with E-state index >= 15 is 0 Å². The summed E-state index contributed by atoms with van der Waals surface area (Å²) in [6.45, 7) is 1.47. The van der Waals surface area contributed by atoms with Crippen molar-refractivity contribution >= 4 is 51.3 Å². The van der Waals surface area contributed by atoms with Gasteiger partial charge in [-0.2, -0.15) is 9.78 Å². The van der Waals surface area contributed by atoms with Gasteiger partial charge in [0, 0.05) is 28.1 Å². The molecular weight excluding hydrogens is 528 g/mol. The Hall–Kier alpha value is -5.03. The molecule has 0 aliphatic rings. The third-order valence-corrected chi connectivity index (χ3v) is 6.04. The molecule has 0 saturated carbocycles. The average Bonchev–Trinajstić information content (AvgIpc) is 3.35. The number of benzene rings is 3. The zero-order valence-corrected chi connectivity index (χ0v) is 21.3. The lowest BCUT2D eigenvalue weighted by Gasteiger charge is -2.14. The summed E-state index contributed by atoms with van der Waals surface area (Å²) in [5.41, 5.74) is 0.351. The van der Waals surface area contributed by atoms with Gasteiger partial charge in [-0.1, -0.05) is 23.7 Å². The van der Waals surface area contributed by atoms with E-state index in [0.29, 0.717) is 26.9 Å². The fraction of sp³-hybridized carbons (Fsp3) is 0.111. The molecule has 11 nitrogen and oxygen atoms in total. The van der Waals surface area contributed by atoms with E-state index in [1.165, 1.54) is 38.4 Å². The van der Waals surface area contributed by atoms with Gasteiger partial charge in [-0.05, 0) is 49.4 Å². The number of para-hydroxylation sites is 1. The van der Waals surface area contributed by atoms with Gasteiger partial charge >= 0.3 is 5.97 Å². The van der Waals surface area contributed by atoms with E-state index < -0.39 is 22.6 Å². The summed E-state index contributed by atoms with van der Waals surface area (Å²) in [6, 6.07) is 17.3. The number of rotatable bonds is 7. The monoisotopic (exact) mass is 546 g/mol. The van der Waals surface area contributed by atoms with Crippen molar-refractivity contribution in [3.05, 3.63) is 97.8 Å². The highest BCUT2D eigenvalue weighted by atomic mass is 35.5. The van der Waals surface area contributed by atoms with Crippen LogP contribution in [0.4, 0.5) is 5.69 Å². The summed E-state index contributed by atoms with van der Waals surface area (Å²) in [5.74, 6) is -0.178. The largest absolute Gasteiger partial charge is 0.478 e. The van der Waals surface area contributed by atoms with Gasteiger partial charge in [0.15, 0.2) is 11.9 Å². The average molecular weight is 547 g/mol. The summed E-state index contributed by atoms with van der Waals surface area (Å²) in [4.78, 5) is 40.9. The molecule has 5 aromatic rings. The van der Waals surface area contributed by atoms with Crippen molar-refractivity contribution in [3.8, 4) is 17.3 Å². The second-order valence-electron chi connectivity index (χ2n) is 8.37. The van der Waals surface area contributed by atoms with Crippen molar-refractivity contribution in [2.45, 2.75) is 13.0 Å². The standard InChI is InChI=1S/C27H19ClN4O7/c1-15(27(34)37-2)38-23-10-8-19(32(35)36)12-17(23)14-29-31-25(30-21-6-4-3-5-20(21)26(31)33)24-13-16-11-18(28)7-9-22(16)39-24/h3-15H,1-2H3/t15-/m1/s1. The molecule has 0 fully saturated rings. The molecule has 196 valence electrons. The van der Waals surface area contributed by atoms with Crippen molar-refractivity contribution in [3.63, 3.8) is 0 Å². The number of non-ortho nitro benzene ring substituents is 1. The third kappa shape index (κ3) is 5.07. The molecule has 0 radical (unpaired) electrons. The number of fused-ring (bicyclic) bond motifs is 2. The van der Waals surface area contributed by atoms with Crippen molar-refractivity contribution in [2.24, 2.45) is 5.10 Å². The van der Waals surface area contributed by atoms with Crippen LogP contribution in [-0.2, 0) is 9.53 Å². The van der Waals surface area contributed by atoms with E-state index in [-0.39, 0.29) is 28.6 Å². The Morgan fingerprint density at radius 3 is 2.74 bits per heavy atom. The second kappa shape index (κ2) is 10.4. The summed E-state index contributed by atoms with van der Waals surface area (Å²) in [7, 11) is 1.22. The Bertz CT molecular complexity index is 1840. The first-order valence-corrected chi connectivity index (χ1v) is 11.9. The van der Waals surface area contributed by atoms with Crippen LogP contribution in [0.1, 0.15) is 12.5 Å². The van der Waals surface area contributed by atoms with Gasteiger partial charge in [-0.3, -0.25) is 14.9 Å². The number of nitro benzene ring substituents is 1. The minimum absolute atomic E-state index is 0.0955. The zero-order chi connectivity index (χ0) is 27.7. The first kappa shape index (κ1) is 25.6. The molecule has 12 heteroatoms. The smallest absolute Gasteiger partial charge is 0.346 e. The highest BCUT2D eigenvalue weighted by Gasteiger charge is 2.20. The number of carbonyl (C=O) groups excluding carboxylic acids is 1. The molecule has 0 spiro atoms. The van der Waals surface area contributed by atoms with Crippen LogP contribution in [0.5, 0.6) is 5.75 Å². The van der Waals surface area contributed by atoms with Crippen molar-refractivity contribution in [1.29, 1.82) is 0 Å². The lowest BCUT2D eigenvalue weighted by molar-refractivity contribution is -0.384. The number of ether oxygens (including phenoxy) is 2. The maximum Gasteiger partial charge on any atom is 0.346 e. The summed E-state index contributed by atoms with van der Waals surface area (Å²) in [5, 5.41) is 17.3. The van der Waals surface area contributed by atoms with Crippen LogP contribution in [0, 0.1) is 10.1 Å². The van der Waals surface area contributed by atoms with E-state index in [1.54, 1.807) is 48.5 Å². The van der Waals surface area contributed by atoms with Gasteiger partial charge in [0.1, 0.15) is 11.3 Å². The Kier molecular flexibility index (Phi) is 6.82. The van der Waals surface area contributed by atoms with Crippen LogP contribution in [0.3, 0.4) is 0 Å². The molecule has 0 saturated heterocycles. The number of esters is 1. The van der Waals surface area contributed by atoms with E-state index in [4.69, 9.17) is 25.5 Å². The molecule has 0 aliphatic heterocycles. The Morgan fingerprint density at radius 1 is 1.18 bits per heavy atom. The van der Waals surface area contributed by atoms with Crippen molar-refractivity contribution in [1.82, 2.24) is 9.66 Å². The molecule has 0 amide bonds. The van der Waals surface area contributed by atoms with Gasteiger partial charge in [0.05, 0.1) is 29.2 Å². The number of aromatic nitrogens is 2. The number of furan rings is 1. The Labute approximate surface area is 225 Å². The molecule has 3 aromatic carbocycles. The third-order valence-electron chi connectivity index (χ3n) is 5.81. The van der Waals surface area contributed by atoms with E-state index in [0.717, 1.165) is 4.68 Å². The van der Waals surface area contributed by atoms with E-state index in [1.807, 2.05) is 0 Å². The first-order chi connectivity index (χ1) is 18.7. The summed E-state index contributed by atoms with van der Waals surface area (Å²) >= 11 is 6.12. The lowest BCUT2D eigenvalue weighted by atomic mass is 10.2. The quantitative estimate of drug-likeness (QED) is 0.117. The Morgan fingerprint density at radius 2 is 1.97 bits per heavy atom. The van der Waals surface area contributed by atoms with E-state index in [9.17, 15) is 19.7 Å². The fourth-order valence-corrected chi connectivity index (χ4v) is 4.08. The normalized spacial score (nSPS) is 12.2. The number of hydrogen-bond donors (Lipinski definition) is 0. The number of hydrogen-bond acceptors (Lipinski definition) is 9. The molecule has 0 unspecified atom stereocenters. The summed E-state index contributed by atoms with van der Waals surface area (Å²) in [6.07, 6.45) is 0.208. The second-order valence-corrected chi connectivity index (χ2v) is 8.81. The van der Waals surface area contributed by atoms with Gasteiger partial charge in [-0.15, -0.1) is 0 Å². The van der Waals surface area contributed by atoms with Crippen LogP contribution >= 0.6 is 11.6 Å². The minimum Gasteiger partial charge on any atom is -0.478 e. The van der Waals surface area contributed by atoms with Crippen LogP contribution in [0.25, 0.3) is 33.5 Å². The maximum atomic E-state index is 13.5. The highest BCUT2D eigenvalue weighted by Crippen LogP contribution is 2.29. The van der Waals surface area contributed by atoms with Crippen LogP contribution < -0.4 is 10.3 Å². The lowest BCUT2D eigenvalue weighted by Crippen LogP contribution is -2.25. The number of carbonyl (C=O) groups is 1. The maximum absolute atomic E-state index is 13.5. The molecule has 1 atom stereocenters. The molecule has 39 heavy (non-hydrogen) atoms. The van der Waals surface area contributed by atoms with Gasteiger partial charge in [-0.25, -0.2) is 9.78 Å². The van der Waals surface area contributed by atoms with Crippen LogP contribution in [0.15, 0.2) is 81.0 Å². The van der Waals surface area contributed by atoms with Crippen LogP contribution in [-0.4, -0.2) is 40.0 Å². The van der Waals surface area contributed by atoms with E-state index in [2.05, 4.69) is 10.1 Å². The number of halogens is 1.